The van der Waals surface area contributed by atoms with Crippen LogP contribution in [0.1, 0.15) is 34.0 Å². The Kier molecular flexibility index (Phi) is 10.5. The molecule has 0 spiro atoms. The predicted molar refractivity (Wildman–Crippen MR) is 127 cm³/mol. The number of benzene rings is 2. The van der Waals surface area contributed by atoms with E-state index in [1.54, 1.807) is 30.3 Å². The molecule has 2 N–H and O–H groups in total. The van der Waals surface area contributed by atoms with Gasteiger partial charge in [-0.15, -0.1) is 0 Å². The number of Topliss-reactive ketones (excluding diaryl/α,β-unsaturated/α-hetero) is 1. The molecule has 15 heteroatoms. The Morgan fingerprint density at radius 3 is 1.92 bits per heavy atom. The molecule has 2 aromatic rings. The lowest BCUT2D eigenvalue weighted by Crippen LogP contribution is -2.52. The summed E-state index contributed by atoms with van der Waals surface area (Å²) in [5.74, 6) is -3.92. The standard InChI is InChI=1S/C23H19F6IN2O6/c1-12(31-19(34)16(32-21(36)38-30)10-13-6-3-2-4-7-13)17(33)11-37-20(35)18-14(22(24,25)26)8-5-9-15(18)23(27,28)29/h2-9,12,16H,10-11H2,1H3,(H,31,34)(H,32,36)/t12-,16?/m0/s1. The van der Waals surface area contributed by atoms with Gasteiger partial charge in [0, 0.05) is 6.42 Å². The SMILES string of the molecule is C[C@H](NC(=O)C(Cc1ccccc1)NC(=O)OI)C(=O)COC(=O)c1c(C(F)(F)F)cccc1C(F)(F)F. The van der Waals surface area contributed by atoms with Gasteiger partial charge in [0.2, 0.25) is 5.91 Å². The van der Waals surface area contributed by atoms with Crippen LogP contribution in [0.15, 0.2) is 48.5 Å². The number of carbonyl (C=O) groups excluding carboxylic acids is 4. The number of hydrogen-bond donors (Lipinski definition) is 2. The summed E-state index contributed by atoms with van der Waals surface area (Å²) in [6, 6.07) is 6.84. The minimum absolute atomic E-state index is 0.0112. The van der Waals surface area contributed by atoms with Crippen molar-refractivity contribution >= 4 is 46.8 Å². The van der Waals surface area contributed by atoms with Crippen LogP contribution in [-0.2, 0) is 36.2 Å². The fourth-order valence-electron chi connectivity index (χ4n) is 3.20. The minimum atomic E-state index is -5.32. The molecule has 1 unspecified atom stereocenters. The molecule has 8 nitrogen and oxygen atoms in total. The van der Waals surface area contributed by atoms with Crippen LogP contribution in [0.4, 0.5) is 31.1 Å². The molecule has 2 aromatic carbocycles. The normalized spacial score (nSPS) is 13.2. The average molecular weight is 660 g/mol. The lowest BCUT2D eigenvalue weighted by molar-refractivity contribution is -0.144. The van der Waals surface area contributed by atoms with E-state index in [1.807, 2.05) is 0 Å². The first-order valence-electron chi connectivity index (χ1n) is 10.6. The van der Waals surface area contributed by atoms with E-state index in [0.29, 0.717) is 11.6 Å². The van der Waals surface area contributed by atoms with Gasteiger partial charge in [0.25, 0.3) is 0 Å². The van der Waals surface area contributed by atoms with Gasteiger partial charge in [-0.05, 0) is 24.6 Å². The van der Waals surface area contributed by atoms with Gasteiger partial charge in [0.05, 0.1) is 22.7 Å². The first-order chi connectivity index (χ1) is 17.6. The number of amides is 2. The molecule has 0 aliphatic rings. The van der Waals surface area contributed by atoms with E-state index >= 15 is 0 Å². The maximum atomic E-state index is 13.3. The Morgan fingerprint density at radius 1 is 0.868 bits per heavy atom. The zero-order chi connectivity index (χ0) is 28.7. The van der Waals surface area contributed by atoms with Crippen LogP contribution in [0.5, 0.6) is 0 Å². The van der Waals surface area contributed by atoms with Crippen LogP contribution in [0.25, 0.3) is 0 Å². The highest BCUT2D eigenvalue weighted by molar-refractivity contribution is 14.1. The number of ether oxygens (including phenoxy) is 1. The Labute approximate surface area is 225 Å². The van der Waals surface area contributed by atoms with Crippen LogP contribution in [0.2, 0.25) is 0 Å². The van der Waals surface area contributed by atoms with Gasteiger partial charge in [0.15, 0.2) is 35.4 Å². The van der Waals surface area contributed by atoms with Gasteiger partial charge in [-0.3, -0.25) is 9.59 Å². The Balaban J connectivity index is 2.13. The smallest absolute Gasteiger partial charge is 0.417 e. The van der Waals surface area contributed by atoms with Gasteiger partial charge in [-0.2, -0.15) is 26.3 Å². The molecule has 0 radical (unpaired) electrons. The van der Waals surface area contributed by atoms with Gasteiger partial charge in [-0.25, -0.2) is 9.59 Å². The number of nitrogens with one attached hydrogen (secondary N) is 2. The molecular formula is C23H19F6IN2O6. The van der Waals surface area contributed by atoms with E-state index < -0.39 is 71.5 Å². The molecule has 38 heavy (non-hydrogen) atoms. The first kappa shape index (κ1) is 30.9. The fraction of sp³-hybridized carbons (Fsp3) is 0.304. The molecule has 0 bridgehead atoms. The van der Waals surface area contributed by atoms with Crippen molar-refractivity contribution < 1.29 is 53.3 Å². The van der Waals surface area contributed by atoms with Gasteiger partial charge >= 0.3 is 24.4 Å². The van der Waals surface area contributed by atoms with Crippen molar-refractivity contribution in [3.8, 4) is 0 Å². The van der Waals surface area contributed by atoms with Crippen molar-refractivity contribution in [2.24, 2.45) is 0 Å². The molecule has 0 aliphatic heterocycles. The van der Waals surface area contributed by atoms with E-state index in [0.717, 1.165) is 6.92 Å². The summed E-state index contributed by atoms with van der Waals surface area (Å²) in [5.41, 5.74) is -4.93. The molecular weight excluding hydrogens is 641 g/mol. The number of hydrogen-bond acceptors (Lipinski definition) is 6. The highest BCUT2D eigenvalue weighted by Gasteiger charge is 2.43. The molecule has 0 saturated heterocycles. The van der Waals surface area contributed by atoms with Crippen molar-refractivity contribution in [3.63, 3.8) is 0 Å². The van der Waals surface area contributed by atoms with E-state index in [-0.39, 0.29) is 18.6 Å². The fourth-order valence-corrected chi connectivity index (χ4v) is 3.32. The first-order valence-corrected chi connectivity index (χ1v) is 11.4. The highest BCUT2D eigenvalue weighted by atomic mass is 127. The second-order valence-electron chi connectivity index (χ2n) is 7.75. The number of alkyl halides is 6. The van der Waals surface area contributed by atoms with Crippen LogP contribution in [0.3, 0.4) is 0 Å². The Bertz CT molecular complexity index is 1140. The summed E-state index contributed by atoms with van der Waals surface area (Å²) in [6.07, 6.45) is -11.6. The zero-order valence-electron chi connectivity index (χ0n) is 19.3. The number of esters is 1. The number of rotatable bonds is 9. The van der Waals surface area contributed by atoms with Crippen molar-refractivity contribution in [1.29, 1.82) is 0 Å². The number of halogens is 7. The summed E-state index contributed by atoms with van der Waals surface area (Å²) < 4.78 is 88.5. The van der Waals surface area contributed by atoms with E-state index in [1.165, 1.54) is 23.0 Å². The Morgan fingerprint density at radius 2 is 1.42 bits per heavy atom. The number of carbonyl (C=O) groups is 4. The van der Waals surface area contributed by atoms with Crippen LogP contribution in [0, 0.1) is 0 Å². The molecule has 2 amide bonds. The van der Waals surface area contributed by atoms with Crippen molar-refractivity contribution in [2.45, 2.75) is 37.8 Å². The van der Waals surface area contributed by atoms with Crippen molar-refractivity contribution in [1.82, 2.24) is 10.6 Å². The van der Waals surface area contributed by atoms with Crippen LogP contribution in [-0.4, -0.2) is 42.4 Å². The summed E-state index contributed by atoms with van der Waals surface area (Å²) in [6.45, 7) is -0.0918. The molecule has 0 aliphatic carbocycles. The molecule has 0 fully saturated rings. The van der Waals surface area contributed by atoms with Gasteiger partial charge < -0.3 is 18.4 Å². The highest BCUT2D eigenvalue weighted by Crippen LogP contribution is 2.39. The van der Waals surface area contributed by atoms with Crippen molar-refractivity contribution in [2.75, 3.05) is 6.61 Å². The summed E-state index contributed by atoms with van der Waals surface area (Å²) in [4.78, 5) is 49.0. The van der Waals surface area contributed by atoms with E-state index in [4.69, 9.17) is 0 Å². The topological polar surface area (TPSA) is 111 Å². The molecule has 2 rings (SSSR count). The Hall–Kier alpha value is -3.37. The summed E-state index contributed by atoms with van der Waals surface area (Å²) in [7, 11) is 0. The number of ketones is 1. The van der Waals surface area contributed by atoms with Gasteiger partial charge in [-0.1, -0.05) is 36.4 Å². The molecule has 0 heterocycles. The average Bonchev–Trinajstić information content (AvgIpc) is 2.85. The second kappa shape index (κ2) is 12.9. The summed E-state index contributed by atoms with van der Waals surface area (Å²) >= 11 is 1.29. The molecule has 0 aromatic heterocycles. The van der Waals surface area contributed by atoms with E-state index in [9.17, 15) is 45.5 Å². The minimum Gasteiger partial charge on any atom is -0.454 e. The second-order valence-corrected chi connectivity index (χ2v) is 8.19. The zero-order valence-corrected chi connectivity index (χ0v) is 21.4. The third-order valence-corrected chi connectivity index (χ3v) is 5.43. The van der Waals surface area contributed by atoms with E-state index in [2.05, 4.69) is 18.4 Å². The van der Waals surface area contributed by atoms with Gasteiger partial charge in [0.1, 0.15) is 6.04 Å². The molecule has 2 atom stereocenters. The largest absolute Gasteiger partial charge is 0.454 e. The summed E-state index contributed by atoms with van der Waals surface area (Å²) in [5, 5.41) is 4.53. The van der Waals surface area contributed by atoms with Crippen LogP contribution < -0.4 is 10.6 Å². The third-order valence-electron chi connectivity index (χ3n) is 5.03. The molecule has 206 valence electrons. The lowest BCUT2D eigenvalue weighted by atomic mass is 10.00. The quantitative estimate of drug-likeness (QED) is 0.231. The maximum Gasteiger partial charge on any atom is 0.417 e. The maximum absolute atomic E-state index is 13.3. The van der Waals surface area contributed by atoms with Crippen LogP contribution >= 0.6 is 23.0 Å². The monoisotopic (exact) mass is 660 g/mol. The predicted octanol–water partition coefficient (Wildman–Crippen LogP) is 4.64. The lowest BCUT2D eigenvalue weighted by Gasteiger charge is -2.21. The third kappa shape index (κ3) is 8.59. The molecule has 0 saturated carbocycles. The van der Waals surface area contributed by atoms with Crippen molar-refractivity contribution in [3.05, 3.63) is 70.8 Å².